The molecule has 0 aromatic heterocycles. The maximum absolute atomic E-state index is 12.0. The number of carbonyl (C=O) groups excluding carboxylic acids is 1. The van der Waals surface area contributed by atoms with Crippen molar-refractivity contribution in [3.63, 3.8) is 0 Å². The van der Waals surface area contributed by atoms with Gasteiger partial charge in [-0.05, 0) is 37.3 Å². The van der Waals surface area contributed by atoms with Crippen molar-refractivity contribution in [3.8, 4) is 0 Å². The molecule has 3 saturated heterocycles. The van der Waals surface area contributed by atoms with E-state index in [1.54, 1.807) is 20.8 Å². The number of carboxylic acid groups (broad SMARTS) is 1. The maximum Gasteiger partial charge on any atom is 0.326 e. The minimum Gasteiger partial charge on any atom is -0.480 e. The Labute approximate surface area is 119 Å². The Morgan fingerprint density at radius 1 is 1.25 bits per heavy atom. The first-order valence-corrected chi connectivity index (χ1v) is 7.29. The fourth-order valence-electron chi connectivity index (χ4n) is 3.12. The number of piperidine rings is 3. The summed E-state index contributed by atoms with van der Waals surface area (Å²) in [5.41, 5.74) is -0.516. The van der Waals surface area contributed by atoms with Gasteiger partial charge in [0.2, 0.25) is 0 Å². The number of hydrogen-bond donors (Lipinski definition) is 3. The van der Waals surface area contributed by atoms with Gasteiger partial charge in [-0.15, -0.1) is 0 Å². The van der Waals surface area contributed by atoms with Crippen LogP contribution in [0.3, 0.4) is 0 Å². The van der Waals surface area contributed by atoms with E-state index in [0.717, 1.165) is 32.5 Å². The molecule has 0 saturated carbocycles. The molecular formula is C14H25N3O3. The summed E-state index contributed by atoms with van der Waals surface area (Å²) in [6.45, 7) is 8.53. The molecule has 2 bridgehead atoms. The van der Waals surface area contributed by atoms with Crippen molar-refractivity contribution < 1.29 is 14.7 Å². The summed E-state index contributed by atoms with van der Waals surface area (Å²) in [7, 11) is 0. The smallest absolute Gasteiger partial charge is 0.326 e. The summed E-state index contributed by atoms with van der Waals surface area (Å²) in [4.78, 5) is 25.6. The SMILES string of the molecule is CC(C)(C)C(NC(=O)NC1CN2CCC1CC2)C(=O)O. The third kappa shape index (κ3) is 3.42. The highest BCUT2D eigenvalue weighted by molar-refractivity contribution is 5.83. The Hall–Kier alpha value is -1.30. The van der Waals surface area contributed by atoms with Gasteiger partial charge in [0.15, 0.2) is 0 Å². The Balaban J connectivity index is 1.90. The number of fused-ring (bicyclic) bond motifs is 3. The van der Waals surface area contributed by atoms with Gasteiger partial charge in [0.1, 0.15) is 6.04 Å². The van der Waals surface area contributed by atoms with E-state index in [2.05, 4.69) is 15.5 Å². The summed E-state index contributed by atoms with van der Waals surface area (Å²) in [5, 5.41) is 14.8. The van der Waals surface area contributed by atoms with Crippen molar-refractivity contribution in [1.29, 1.82) is 0 Å². The largest absolute Gasteiger partial charge is 0.480 e. The number of urea groups is 1. The van der Waals surface area contributed by atoms with Crippen molar-refractivity contribution >= 4 is 12.0 Å². The molecular weight excluding hydrogens is 258 g/mol. The molecule has 0 radical (unpaired) electrons. The molecule has 3 rings (SSSR count). The quantitative estimate of drug-likeness (QED) is 0.718. The third-order valence-corrected chi connectivity index (χ3v) is 4.36. The second-order valence-corrected chi connectivity index (χ2v) is 7.00. The van der Waals surface area contributed by atoms with Crippen LogP contribution in [0.1, 0.15) is 33.6 Å². The first kappa shape index (κ1) is 15.1. The molecule has 0 aromatic carbocycles. The molecule has 3 aliphatic rings. The second-order valence-electron chi connectivity index (χ2n) is 7.00. The normalized spacial score (nSPS) is 30.6. The molecule has 20 heavy (non-hydrogen) atoms. The monoisotopic (exact) mass is 283 g/mol. The predicted molar refractivity (Wildman–Crippen MR) is 75.5 cm³/mol. The van der Waals surface area contributed by atoms with Gasteiger partial charge in [-0.3, -0.25) is 0 Å². The molecule has 114 valence electrons. The standard InChI is InChI=1S/C14H25N3O3/c1-14(2,3)11(12(18)19)16-13(20)15-10-8-17-6-4-9(10)5-7-17/h9-11H,4-8H2,1-3H3,(H,18,19)(H2,15,16,20). The van der Waals surface area contributed by atoms with Crippen molar-refractivity contribution in [2.45, 2.75) is 45.7 Å². The number of hydrogen-bond acceptors (Lipinski definition) is 3. The third-order valence-electron chi connectivity index (χ3n) is 4.36. The van der Waals surface area contributed by atoms with Crippen LogP contribution in [-0.4, -0.2) is 53.7 Å². The molecule has 2 amide bonds. The fraction of sp³-hybridized carbons (Fsp3) is 0.857. The molecule has 0 aromatic rings. The van der Waals surface area contributed by atoms with Gasteiger partial charge in [0.25, 0.3) is 0 Å². The predicted octanol–water partition coefficient (Wildman–Crippen LogP) is 0.879. The number of nitrogens with one attached hydrogen (secondary N) is 2. The summed E-state index contributed by atoms with van der Waals surface area (Å²) in [6.07, 6.45) is 2.24. The zero-order valence-corrected chi connectivity index (χ0v) is 12.5. The topological polar surface area (TPSA) is 81.7 Å². The molecule has 6 nitrogen and oxygen atoms in total. The number of carbonyl (C=O) groups is 2. The van der Waals surface area contributed by atoms with E-state index in [1.807, 2.05) is 0 Å². The van der Waals surface area contributed by atoms with Crippen LogP contribution in [0.15, 0.2) is 0 Å². The lowest BCUT2D eigenvalue weighted by atomic mass is 9.84. The van der Waals surface area contributed by atoms with Crippen LogP contribution < -0.4 is 10.6 Å². The molecule has 3 aliphatic heterocycles. The zero-order chi connectivity index (χ0) is 14.9. The van der Waals surface area contributed by atoms with Crippen LogP contribution in [0.4, 0.5) is 4.79 Å². The molecule has 0 spiro atoms. The number of carboxylic acids is 1. The lowest BCUT2D eigenvalue weighted by Gasteiger charge is -2.45. The molecule has 6 heteroatoms. The van der Waals surface area contributed by atoms with Gasteiger partial charge < -0.3 is 20.6 Å². The molecule has 0 aliphatic carbocycles. The number of nitrogens with zero attached hydrogens (tertiary/aromatic N) is 1. The van der Waals surface area contributed by atoms with E-state index < -0.39 is 17.4 Å². The zero-order valence-electron chi connectivity index (χ0n) is 12.5. The van der Waals surface area contributed by atoms with Crippen molar-refractivity contribution in [1.82, 2.24) is 15.5 Å². The average molecular weight is 283 g/mol. The first-order chi connectivity index (χ1) is 9.27. The molecule has 3 N–H and O–H groups in total. The van der Waals surface area contributed by atoms with Crippen LogP contribution in [0.5, 0.6) is 0 Å². The van der Waals surface area contributed by atoms with E-state index >= 15 is 0 Å². The Morgan fingerprint density at radius 3 is 2.25 bits per heavy atom. The number of aliphatic carboxylic acids is 1. The number of rotatable bonds is 3. The van der Waals surface area contributed by atoms with Gasteiger partial charge in [-0.25, -0.2) is 9.59 Å². The summed E-state index contributed by atoms with van der Waals surface area (Å²) in [5.74, 6) is -0.467. The number of amides is 2. The van der Waals surface area contributed by atoms with Gasteiger partial charge in [-0.1, -0.05) is 20.8 Å². The first-order valence-electron chi connectivity index (χ1n) is 7.29. The Kier molecular flexibility index (Phi) is 4.22. The van der Waals surface area contributed by atoms with Gasteiger partial charge in [-0.2, -0.15) is 0 Å². The summed E-state index contributed by atoms with van der Waals surface area (Å²) < 4.78 is 0. The van der Waals surface area contributed by atoms with Crippen LogP contribution >= 0.6 is 0 Å². The maximum atomic E-state index is 12.0. The molecule has 2 unspecified atom stereocenters. The fourth-order valence-corrected chi connectivity index (χ4v) is 3.12. The highest BCUT2D eigenvalue weighted by Gasteiger charge is 2.37. The van der Waals surface area contributed by atoms with Crippen LogP contribution in [-0.2, 0) is 4.79 Å². The van der Waals surface area contributed by atoms with E-state index in [0.29, 0.717) is 5.92 Å². The van der Waals surface area contributed by atoms with Gasteiger partial charge in [0, 0.05) is 12.6 Å². The lowest BCUT2D eigenvalue weighted by molar-refractivity contribution is -0.141. The van der Waals surface area contributed by atoms with E-state index in [1.165, 1.54) is 0 Å². The Morgan fingerprint density at radius 2 is 1.85 bits per heavy atom. The summed E-state index contributed by atoms with van der Waals surface area (Å²) in [6, 6.07) is -1.11. The lowest BCUT2D eigenvalue weighted by Crippen LogP contribution is -2.61. The molecule has 3 fully saturated rings. The average Bonchev–Trinajstić information content (AvgIpc) is 2.35. The Bertz CT molecular complexity index is 384. The van der Waals surface area contributed by atoms with Gasteiger partial charge in [0.05, 0.1) is 0 Å². The summed E-state index contributed by atoms with van der Waals surface area (Å²) >= 11 is 0. The second kappa shape index (κ2) is 5.60. The van der Waals surface area contributed by atoms with Crippen molar-refractivity contribution in [3.05, 3.63) is 0 Å². The highest BCUT2D eigenvalue weighted by atomic mass is 16.4. The van der Waals surface area contributed by atoms with E-state index in [9.17, 15) is 14.7 Å². The minimum absolute atomic E-state index is 0.145. The molecule has 2 atom stereocenters. The van der Waals surface area contributed by atoms with Crippen LogP contribution in [0, 0.1) is 11.3 Å². The van der Waals surface area contributed by atoms with E-state index in [4.69, 9.17) is 0 Å². The highest BCUT2D eigenvalue weighted by Crippen LogP contribution is 2.27. The van der Waals surface area contributed by atoms with Crippen molar-refractivity contribution in [2.24, 2.45) is 11.3 Å². The van der Waals surface area contributed by atoms with Gasteiger partial charge >= 0.3 is 12.0 Å². The minimum atomic E-state index is -0.999. The van der Waals surface area contributed by atoms with Crippen LogP contribution in [0.2, 0.25) is 0 Å². The van der Waals surface area contributed by atoms with Crippen LogP contribution in [0.25, 0.3) is 0 Å². The molecule has 3 heterocycles. The van der Waals surface area contributed by atoms with Crippen molar-refractivity contribution in [2.75, 3.05) is 19.6 Å². The van der Waals surface area contributed by atoms with E-state index in [-0.39, 0.29) is 12.1 Å².